The van der Waals surface area contributed by atoms with Gasteiger partial charge in [0.05, 0.1) is 12.6 Å². The van der Waals surface area contributed by atoms with Crippen LogP contribution in [0.4, 0.5) is 0 Å². The number of hydrogen-bond acceptors (Lipinski definition) is 4. The van der Waals surface area contributed by atoms with Crippen LogP contribution in [0.5, 0.6) is 0 Å². The number of aromatic nitrogens is 3. The molecule has 0 saturated carbocycles. The largest absolute Gasteiger partial charge is 0.334 e. The van der Waals surface area contributed by atoms with E-state index in [1.807, 2.05) is 40.9 Å². The zero-order valence-corrected chi connectivity index (χ0v) is 13.6. The first-order valence-electron chi connectivity index (χ1n) is 7.19. The van der Waals surface area contributed by atoms with Crippen molar-refractivity contribution in [3.05, 3.63) is 47.5 Å². The number of carbonyl (C=O) groups excluding carboxylic acids is 1. The lowest BCUT2D eigenvalue weighted by atomic mass is 10.1. The average Bonchev–Trinajstić information content (AvgIpc) is 3.07. The lowest BCUT2D eigenvalue weighted by molar-refractivity contribution is -0.133. The van der Waals surface area contributed by atoms with Crippen LogP contribution < -0.4 is 0 Å². The van der Waals surface area contributed by atoms with Gasteiger partial charge >= 0.3 is 0 Å². The first-order valence-corrected chi connectivity index (χ1v) is 8.72. The fourth-order valence-electron chi connectivity index (χ4n) is 2.57. The number of amides is 1. The van der Waals surface area contributed by atoms with Crippen LogP contribution in [0, 0.1) is 0 Å². The number of thioether (sulfide) groups is 1. The van der Waals surface area contributed by atoms with Gasteiger partial charge in [0.1, 0.15) is 12.7 Å². The van der Waals surface area contributed by atoms with Crippen molar-refractivity contribution in [2.75, 3.05) is 18.1 Å². The highest BCUT2D eigenvalue weighted by Crippen LogP contribution is 2.30. The molecule has 0 radical (unpaired) electrons. The van der Waals surface area contributed by atoms with Gasteiger partial charge in [0.15, 0.2) is 0 Å². The minimum atomic E-state index is 0.124. The van der Waals surface area contributed by atoms with E-state index in [1.165, 1.54) is 6.33 Å². The number of aryl methyl sites for hydroxylation is 1. The van der Waals surface area contributed by atoms with E-state index in [1.54, 1.807) is 11.0 Å². The van der Waals surface area contributed by atoms with E-state index in [4.69, 9.17) is 11.6 Å². The van der Waals surface area contributed by atoms with Crippen molar-refractivity contribution < 1.29 is 4.79 Å². The van der Waals surface area contributed by atoms with E-state index in [2.05, 4.69) is 10.1 Å². The molecule has 0 spiro atoms. The molecule has 0 N–H and O–H groups in total. The zero-order valence-electron chi connectivity index (χ0n) is 12.1. The molecular formula is C15H17ClN4OS. The third kappa shape index (κ3) is 3.62. The van der Waals surface area contributed by atoms with Crippen LogP contribution in [0.15, 0.2) is 36.9 Å². The quantitative estimate of drug-likeness (QED) is 0.861. The Morgan fingerprint density at radius 3 is 2.91 bits per heavy atom. The molecule has 2 heterocycles. The van der Waals surface area contributed by atoms with E-state index < -0.39 is 0 Å². The number of rotatable bonds is 4. The molecule has 0 aliphatic carbocycles. The van der Waals surface area contributed by atoms with Crippen LogP contribution in [-0.2, 0) is 11.3 Å². The Hall–Kier alpha value is -1.53. The summed E-state index contributed by atoms with van der Waals surface area (Å²) in [6, 6.07) is 7.91. The SMILES string of the molecule is O=C(CCn1cncn1)N1CCSCC1c1ccc(Cl)cc1. The van der Waals surface area contributed by atoms with Gasteiger partial charge in [-0.1, -0.05) is 23.7 Å². The minimum absolute atomic E-state index is 0.124. The van der Waals surface area contributed by atoms with E-state index in [9.17, 15) is 4.79 Å². The van der Waals surface area contributed by atoms with Gasteiger partial charge in [-0.3, -0.25) is 9.48 Å². The first kappa shape index (κ1) is 15.4. The van der Waals surface area contributed by atoms with Crippen molar-refractivity contribution >= 4 is 29.3 Å². The Morgan fingerprint density at radius 1 is 1.36 bits per heavy atom. The molecule has 116 valence electrons. The Bertz CT molecular complexity index is 617. The Labute approximate surface area is 138 Å². The topological polar surface area (TPSA) is 51.0 Å². The average molecular weight is 337 g/mol. The predicted octanol–water partition coefficient (Wildman–Crippen LogP) is 2.64. The van der Waals surface area contributed by atoms with Gasteiger partial charge in [-0.2, -0.15) is 16.9 Å². The molecule has 0 bridgehead atoms. The molecule has 1 aliphatic rings. The monoisotopic (exact) mass is 336 g/mol. The summed E-state index contributed by atoms with van der Waals surface area (Å²) < 4.78 is 1.69. The summed E-state index contributed by atoms with van der Waals surface area (Å²) in [5, 5.41) is 4.76. The van der Waals surface area contributed by atoms with Crippen LogP contribution in [0.3, 0.4) is 0 Å². The van der Waals surface area contributed by atoms with Crippen LogP contribution in [-0.4, -0.2) is 43.6 Å². The molecule has 5 nitrogen and oxygen atoms in total. The van der Waals surface area contributed by atoms with Gasteiger partial charge in [-0.05, 0) is 17.7 Å². The molecular weight excluding hydrogens is 320 g/mol. The minimum Gasteiger partial charge on any atom is -0.334 e. The first-order chi connectivity index (χ1) is 10.7. The summed E-state index contributed by atoms with van der Waals surface area (Å²) in [6.07, 6.45) is 3.56. The molecule has 22 heavy (non-hydrogen) atoms. The van der Waals surface area contributed by atoms with E-state index in [0.29, 0.717) is 13.0 Å². The predicted molar refractivity (Wildman–Crippen MR) is 87.9 cm³/mol. The number of carbonyl (C=O) groups is 1. The van der Waals surface area contributed by atoms with Crippen molar-refractivity contribution in [3.63, 3.8) is 0 Å². The van der Waals surface area contributed by atoms with Gasteiger partial charge in [0.25, 0.3) is 0 Å². The normalized spacial score (nSPS) is 18.4. The second kappa shape index (κ2) is 7.15. The second-order valence-electron chi connectivity index (χ2n) is 5.14. The lowest BCUT2D eigenvalue weighted by Gasteiger charge is -2.36. The Kier molecular flexibility index (Phi) is 5.00. The second-order valence-corrected chi connectivity index (χ2v) is 6.72. The highest BCUT2D eigenvalue weighted by Gasteiger charge is 2.27. The lowest BCUT2D eigenvalue weighted by Crippen LogP contribution is -2.41. The van der Waals surface area contributed by atoms with Gasteiger partial charge in [0.2, 0.25) is 5.91 Å². The van der Waals surface area contributed by atoms with Crippen LogP contribution in [0.25, 0.3) is 0 Å². The number of hydrogen-bond donors (Lipinski definition) is 0. The van der Waals surface area contributed by atoms with Crippen molar-refractivity contribution in [1.82, 2.24) is 19.7 Å². The highest BCUT2D eigenvalue weighted by molar-refractivity contribution is 7.99. The summed E-state index contributed by atoms with van der Waals surface area (Å²) in [7, 11) is 0. The third-order valence-electron chi connectivity index (χ3n) is 3.72. The van der Waals surface area contributed by atoms with Crippen LogP contribution in [0.1, 0.15) is 18.0 Å². The Morgan fingerprint density at radius 2 is 2.18 bits per heavy atom. The smallest absolute Gasteiger partial charge is 0.225 e. The summed E-state index contributed by atoms with van der Waals surface area (Å²) in [6.45, 7) is 1.35. The molecule has 1 atom stereocenters. The molecule has 1 aromatic carbocycles. The van der Waals surface area contributed by atoms with Gasteiger partial charge in [0, 0.05) is 29.5 Å². The molecule has 1 amide bonds. The van der Waals surface area contributed by atoms with Crippen LogP contribution >= 0.6 is 23.4 Å². The van der Waals surface area contributed by atoms with Crippen molar-refractivity contribution in [2.24, 2.45) is 0 Å². The van der Waals surface area contributed by atoms with Crippen molar-refractivity contribution in [1.29, 1.82) is 0 Å². The maximum Gasteiger partial charge on any atom is 0.225 e. The molecule has 1 aromatic heterocycles. The standard InChI is InChI=1S/C15H17ClN4OS/c16-13-3-1-12(2-4-13)14-9-22-8-7-20(14)15(21)5-6-19-11-17-10-18-19/h1-4,10-11,14H,5-9H2. The molecule has 7 heteroatoms. The van der Waals surface area contributed by atoms with Gasteiger partial charge < -0.3 is 4.90 Å². The fourth-order valence-corrected chi connectivity index (χ4v) is 3.78. The van der Waals surface area contributed by atoms with Crippen LogP contribution in [0.2, 0.25) is 5.02 Å². The Balaban J connectivity index is 1.68. The summed E-state index contributed by atoms with van der Waals surface area (Å²) in [5.74, 6) is 2.08. The van der Waals surface area contributed by atoms with E-state index in [0.717, 1.165) is 28.6 Å². The molecule has 1 fully saturated rings. The van der Waals surface area contributed by atoms with Gasteiger partial charge in [-0.15, -0.1) is 0 Å². The summed E-state index contributed by atoms with van der Waals surface area (Å²) in [5.41, 5.74) is 1.14. The number of halogens is 1. The molecule has 1 saturated heterocycles. The number of nitrogens with zero attached hydrogens (tertiary/aromatic N) is 4. The highest BCUT2D eigenvalue weighted by atomic mass is 35.5. The zero-order chi connectivity index (χ0) is 15.4. The maximum absolute atomic E-state index is 12.6. The van der Waals surface area contributed by atoms with Gasteiger partial charge in [-0.25, -0.2) is 4.98 Å². The van der Waals surface area contributed by atoms with E-state index in [-0.39, 0.29) is 11.9 Å². The third-order valence-corrected chi connectivity index (χ3v) is 5.00. The maximum atomic E-state index is 12.6. The summed E-state index contributed by atoms with van der Waals surface area (Å²) in [4.78, 5) is 18.5. The molecule has 3 rings (SSSR count). The fraction of sp³-hybridized carbons (Fsp3) is 0.400. The molecule has 2 aromatic rings. The van der Waals surface area contributed by atoms with Crippen molar-refractivity contribution in [2.45, 2.75) is 19.0 Å². The summed E-state index contributed by atoms with van der Waals surface area (Å²) >= 11 is 7.84. The number of benzene rings is 1. The molecule has 1 aliphatic heterocycles. The van der Waals surface area contributed by atoms with E-state index >= 15 is 0 Å². The van der Waals surface area contributed by atoms with Crippen molar-refractivity contribution in [3.8, 4) is 0 Å². The molecule has 1 unspecified atom stereocenters.